The van der Waals surface area contributed by atoms with Gasteiger partial charge in [0.25, 0.3) is 11.5 Å². The molecular formula is C16H16N4O3. The van der Waals surface area contributed by atoms with Gasteiger partial charge in [0.2, 0.25) is 0 Å². The number of fused-ring (bicyclic) bond motifs is 2. The molecule has 0 bridgehead atoms. The Morgan fingerprint density at radius 3 is 2.87 bits per heavy atom. The summed E-state index contributed by atoms with van der Waals surface area (Å²) in [6.45, 7) is 2.01. The predicted octanol–water partition coefficient (Wildman–Crippen LogP) is 0.378. The van der Waals surface area contributed by atoms with Gasteiger partial charge in [0.15, 0.2) is 0 Å². The Morgan fingerprint density at radius 1 is 1.17 bits per heavy atom. The number of hydrogen-bond donors (Lipinski definition) is 2. The highest BCUT2D eigenvalue weighted by Crippen LogP contribution is 2.17. The highest BCUT2D eigenvalue weighted by atomic mass is 16.2. The molecule has 3 heterocycles. The Bertz CT molecular complexity index is 860. The fraction of sp³-hybridized carbons (Fsp3) is 0.312. The van der Waals surface area contributed by atoms with Crippen LogP contribution in [0.5, 0.6) is 0 Å². The Morgan fingerprint density at radius 2 is 2.00 bits per heavy atom. The number of piperazine rings is 1. The molecule has 2 saturated heterocycles. The van der Waals surface area contributed by atoms with Crippen molar-refractivity contribution in [3.05, 3.63) is 46.4 Å². The van der Waals surface area contributed by atoms with Gasteiger partial charge in [-0.3, -0.25) is 9.59 Å². The summed E-state index contributed by atoms with van der Waals surface area (Å²) >= 11 is 0. The van der Waals surface area contributed by atoms with Crippen molar-refractivity contribution in [3.8, 4) is 0 Å². The zero-order valence-corrected chi connectivity index (χ0v) is 12.4. The van der Waals surface area contributed by atoms with Crippen LogP contribution in [0.1, 0.15) is 10.5 Å². The van der Waals surface area contributed by atoms with E-state index >= 15 is 0 Å². The van der Waals surface area contributed by atoms with Crippen molar-refractivity contribution < 1.29 is 9.59 Å². The summed E-state index contributed by atoms with van der Waals surface area (Å²) in [6, 6.07) is 8.83. The van der Waals surface area contributed by atoms with Crippen LogP contribution in [0.2, 0.25) is 0 Å². The number of hydrogen-bond acceptors (Lipinski definition) is 3. The molecule has 2 aromatic rings. The van der Waals surface area contributed by atoms with Crippen LogP contribution in [0, 0.1) is 0 Å². The molecular weight excluding hydrogens is 296 g/mol. The summed E-state index contributed by atoms with van der Waals surface area (Å²) in [5.74, 6) is -0.202. The second kappa shape index (κ2) is 5.12. The molecule has 0 aliphatic carbocycles. The van der Waals surface area contributed by atoms with Crippen LogP contribution < -0.4 is 10.9 Å². The Hall–Kier alpha value is -2.83. The van der Waals surface area contributed by atoms with Gasteiger partial charge in [-0.2, -0.15) is 0 Å². The molecule has 0 spiro atoms. The van der Waals surface area contributed by atoms with E-state index in [-0.39, 0.29) is 23.5 Å². The quantitative estimate of drug-likeness (QED) is 0.798. The fourth-order valence-electron chi connectivity index (χ4n) is 3.28. The fourth-order valence-corrected chi connectivity index (χ4v) is 3.28. The molecule has 1 aromatic heterocycles. The number of rotatable bonds is 1. The topological polar surface area (TPSA) is 85.5 Å². The SMILES string of the molecule is O=C(c1cc2ccccc2c(=O)[nH]1)N1CCN2C(=O)NCC2C1. The molecule has 1 aromatic carbocycles. The van der Waals surface area contributed by atoms with Crippen molar-refractivity contribution in [2.75, 3.05) is 26.2 Å². The second-order valence-corrected chi connectivity index (χ2v) is 5.88. The third-order valence-electron chi connectivity index (χ3n) is 4.50. The summed E-state index contributed by atoms with van der Waals surface area (Å²) in [4.78, 5) is 42.6. The number of carbonyl (C=O) groups excluding carboxylic acids is 2. The summed E-state index contributed by atoms with van der Waals surface area (Å²) in [5.41, 5.74) is 0.0298. The van der Waals surface area contributed by atoms with Gasteiger partial charge in [-0.25, -0.2) is 4.79 Å². The van der Waals surface area contributed by atoms with Crippen molar-refractivity contribution in [2.24, 2.45) is 0 Å². The summed E-state index contributed by atoms with van der Waals surface area (Å²) < 4.78 is 0. The molecule has 4 rings (SSSR count). The van der Waals surface area contributed by atoms with E-state index in [0.717, 1.165) is 5.39 Å². The molecule has 2 fully saturated rings. The molecule has 118 valence electrons. The minimum absolute atomic E-state index is 0.00683. The number of carbonyl (C=O) groups is 2. The van der Waals surface area contributed by atoms with E-state index < -0.39 is 0 Å². The summed E-state index contributed by atoms with van der Waals surface area (Å²) in [7, 11) is 0. The largest absolute Gasteiger partial charge is 0.336 e. The first-order chi connectivity index (χ1) is 11.1. The maximum Gasteiger partial charge on any atom is 0.317 e. The minimum Gasteiger partial charge on any atom is -0.336 e. The van der Waals surface area contributed by atoms with Crippen LogP contribution in [0.4, 0.5) is 4.79 Å². The highest BCUT2D eigenvalue weighted by molar-refractivity contribution is 5.96. The third kappa shape index (κ3) is 2.25. The molecule has 7 heteroatoms. The average Bonchev–Trinajstić information content (AvgIpc) is 2.95. The van der Waals surface area contributed by atoms with Crippen molar-refractivity contribution in [1.29, 1.82) is 0 Å². The monoisotopic (exact) mass is 312 g/mol. The predicted molar refractivity (Wildman–Crippen MR) is 84.4 cm³/mol. The van der Waals surface area contributed by atoms with Gasteiger partial charge in [0.1, 0.15) is 5.69 Å². The third-order valence-corrected chi connectivity index (χ3v) is 4.50. The van der Waals surface area contributed by atoms with Crippen molar-refractivity contribution in [1.82, 2.24) is 20.1 Å². The molecule has 1 unspecified atom stereocenters. The standard InChI is InChI=1S/C16H16N4O3/c21-14-12-4-2-1-3-10(12)7-13(18-14)15(22)19-5-6-20-11(9-19)8-17-16(20)23/h1-4,7,11H,5-6,8-9H2,(H,17,23)(H,18,21). The number of urea groups is 1. The zero-order valence-electron chi connectivity index (χ0n) is 12.4. The molecule has 0 saturated carbocycles. The van der Waals surface area contributed by atoms with Gasteiger partial charge in [-0.05, 0) is 17.5 Å². The number of pyridine rings is 1. The van der Waals surface area contributed by atoms with Crippen LogP contribution in [-0.2, 0) is 0 Å². The lowest BCUT2D eigenvalue weighted by atomic mass is 10.1. The van der Waals surface area contributed by atoms with Crippen LogP contribution in [-0.4, -0.2) is 58.9 Å². The van der Waals surface area contributed by atoms with E-state index in [2.05, 4.69) is 10.3 Å². The van der Waals surface area contributed by atoms with Gasteiger partial charge < -0.3 is 20.1 Å². The number of aromatic amines is 1. The highest BCUT2D eigenvalue weighted by Gasteiger charge is 2.37. The number of nitrogens with zero attached hydrogens (tertiary/aromatic N) is 2. The summed E-state index contributed by atoms with van der Waals surface area (Å²) in [6.07, 6.45) is 0. The van der Waals surface area contributed by atoms with Crippen LogP contribution in [0.3, 0.4) is 0 Å². The summed E-state index contributed by atoms with van der Waals surface area (Å²) in [5, 5.41) is 4.10. The van der Waals surface area contributed by atoms with E-state index in [1.165, 1.54) is 0 Å². The first-order valence-corrected chi connectivity index (χ1v) is 7.59. The number of aromatic nitrogens is 1. The normalized spacial score (nSPS) is 20.5. The Labute approximate surface area is 131 Å². The lowest BCUT2D eigenvalue weighted by Crippen LogP contribution is -2.54. The number of nitrogens with one attached hydrogen (secondary N) is 2. The number of H-pyrrole nitrogens is 1. The molecule has 1 atom stereocenters. The average molecular weight is 312 g/mol. The van der Waals surface area contributed by atoms with Crippen LogP contribution in [0.25, 0.3) is 10.8 Å². The molecule has 2 aliphatic rings. The maximum absolute atomic E-state index is 12.7. The first-order valence-electron chi connectivity index (χ1n) is 7.59. The number of benzene rings is 1. The van der Waals surface area contributed by atoms with E-state index in [1.807, 2.05) is 12.1 Å². The zero-order chi connectivity index (χ0) is 16.0. The Kier molecular flexibility index (Phi) is 3.07. The lowest BCUT2D eigenvalue weighted by molar-refractivity contribution is 0.0611. The van der Waals surface area contributed by atoms with Gasteiger partial charge in [0, 0.05) is 31.6 Å². The van der Waals surface area contributed by atoms with E-state index in [1.54, 1.807) is 28.0 Å². The minimum atomic E-state index is -0.261. The van der Waals surface area contributed by atoms with Crippen LogP contribution in [0.15, 0.2) is 35.1 Å². The van der Waals surface area contributed by atoms with Gasteiger partial charge >= 0.3 is 6.03 Å². The van der Waals surface area contributed by atoms with Crippen molar-refractivity contribution in [2.45, 2.75) is 6.04 Å². The Balaban J connectivity index is 1.62. The molecule has 23 heavy (non-hydrogen) atoms. The van der Waals surface area contributed by atoms with Gasteiger partial charge in [-0.15, -0.1) is 0 Å². The lowest BCUT2D eigenvalue weighted by Gasteiger charge is -2.36. The second-order valence-electron chi connectivity index (χ2n) is 5.88. The molecule has 3 amide bonds. The van der Waals surface area contributed by atoms with E-state index in [9.17, 15) is 14.4 Å². The number of amides is 3. The first kappa shape index (κ1) is 13.8. The van der Waals surface area contributed by atoms with E-state index in [4.69, 9.17) is 0 Å². The van der Waals surface area contributed by atoms with Crippen molar-refractivity contribution >= 4 is 22.7 Å². The molecule has 7 nitrogen and oxygen atoms in total. The van der Waals surface area contributed by atoms with Crippen molar-refractivity contribution in [3.63, 3.8) is 0 Å². The van der Waals surface area contributed by atoms with Gasteiger partial charge in [0.05, 0.1) is 6.04 Å². The molecule has 2 aliphatic heterocycles. The smallest absolute Gasteiger partial charge is 0.317 e. The molecule has 0 radical (unpaired) electrons. The molecule has 2 N–H and O–H groups in total. The van der Waals surface area contributed by atoms with Crippen LogP contribution >= 0.6 is 0 Å². The van der Waals surface area contributed by atoms with E-state index in [0.29, 0.717) is 37.3 Å². The maximum atomic E-state index is 12.7. The van der Waals surface area contributed by atoms with Gasteiger partial charge in [-0.1, -0.05) is 18.2 Å².